The maximum absolute atomic E-state index is 12.4. The highest BCUT2D eigenvalue weighted by atomic mass is 32.2. The molecule has 7 nitrogen and oxygen atoms in total. The molecule has 140 valence electrons. The molecule has 0 aromatic heterocycles. The van der Waals surface area contributed by atoms with Gasteiger partial charge in [-0.25, -0.2) is 13.6 Å². The van der Waals surface area contributed by atoms with Crippen molar-refractivity contribution >= 4 is 21.6 Å². The minimum atomic E-state index is -3.80. The van der Waals surface area contributed by atoms with Crippen LogP contribution >= 0.6 is 0 Å². The lowest BCUT2D eigenvalue weighted by Gasteiger charge is -2.19. The van der Waals surface area contributed by atoms with Crippen molar-refractivity contribution < 1.29 is 13.2 Å². The first-order valence-electron chi connectivity index (χ1n) is 8.17. The molecular weight excluding hydrogens is 364 g/mol. The highest BCUT2D eigenvalue weighted by Gasteiger charge is 2.13. The number of rotatable bonds is 7. The van der Waals surface area contributed by atoms with Crippen molar-refractivity contribution in [2.24, 2.45) is 5.14 Å². The van der Waals surface area contributed by atoms with E-state index in [1.54, 1.807) is 0 Å². The van der Waals surface area contributed by atoms with Crippen molar-refractivity contribution in [3.05, 3.63) is 71.9 Å². The van der Waals surface area contributed by atoms with E-state index in [1.165, 1.54) is 30.5 Å². The number of nitrogens with one attached hydrogen (secondary N) is 1. The zero-order valence-electron chi connectivity index (χ0n) is 14.8. The van der Waals surface area contributed by atoms with Gasteiger partial charge in [0.15, 0.2) is 0 Å². The molecule has 0 radical (unpaired) electrons. The van der Waals surface area contributed by atoms with Gasteiger partial charge in [-0.1, -0.05) is 30.3 Å². The summed E-state index contributed by atoms with van der Waals surface area (Å²) in [7, 11) is -3.80. The van der Waals surface area contributed by atoms with E-state index in [0.717, 1.165) is 5.56 Å². The Morgan fingerprint density at radius 3 is 2.33 bits per heavy atom. The number of sulfonamides is 1. The Kier molecular flexibility index (Phi) is 6.71. The second kappa shape index (κ2) is 8.98. The van der Waals surface area contributed by atoms with Crippen LogP contribution in [0.3, 0.4) is 0 Å². The summed E-state index contributed by atoms with van der Waals surface area (Å²) in [4.78, 5) is 14.2. The van der Waals surface area contributed by atoms with Crippen molar-refractivity contribution in [1.29, 1.82) is 5.26 Å². The van der Waals surface area contributed by atoms with Gasteiger partial charge in [-0.3, -0.25) is 4.79 Å². The summed E-state index contributed by atoms with van der Waals surface area (Å²) in [5, 5.41) is 16.9. The van der Waals surface area contributed by atoms with E-state index in [2.05, 4.69) is 5.32 Å². The molecule has 3 N–H and O–H groups in total. The van der Waals surface area contributed by atoms with Crippen molar-refractivity contribution in [2.75, 3.05) is 11.9 Å². The maximum Gasteiger partial charge on any atom is 0.267 e. The molecule has 8 heteroatoms. The lowest BCUT2D eigenvalue weighted by Crippen LogP contribution is -2.21. The third kappa shape index (κ3) is 5.95. The standard InChI is InChI=1S/C19H20N4O3S/c1-2-23(13-15-6-4-3-5-7-15)14-16(12-20)19(24)22-17-8-10-18(11-9-17)27(21,25)26/h3-11,14H,2,13H2,1H3,(H,22,24)(H2,21,25,26)/b16-14-. The van der Waals surface area contributed by atoms with Crippen LogP contribution in [0.1, 0.15) is 12.5 Å². The predicted octanol–water partition coefficient (Wildman–Crippen LogP) is 2.20. The third-order valence-corrected chi connectivity index (χ3v) is 4.68. The molecule has 0 saturated carbocycles. The summed E-state index contributed by atoms with van der Waals surface area (Å²) < 4.78 is 22.5. The number of hydrogen-bond donors (Lipinski definition) is 2. The van der Waals surface area contributed by atoms with Gasteiger partial charge in [0.2, 0.25) is 10.0 Å². The topological polar surface area (TPSA) is 116 Å². The van der Waals surface area contributed by atoms with Crippen molar-refractivity contribution in [2.45, 2.75) is 18.4 Å². The normalized spacial score (nSPS) is 11.5. The van der Waals surface area contributed by atoms with Crippen LogP contribution in [0.4, 0.5) is 5.69 Å². The molecule has 0 atom stereocenters. The monoisotopic (exact) mass is 384 g/mol. The molecule has 1 amide bonds. The van der Waals surface area contributed by atoms with Gasteiger partial charge in [-0.05, 0) is 36.8 Å². The average molecular weight is 384 g/mol. The van der Waals surface area contributed by atoms with Gasteiger partial charge in [0.05, 0.1) is 4.90 Å². The minimum absolute atomic E-state index is 0.0525. The first kappa shape index (κ1) is 20.2. The fourth-order valence-corrected chi connectivity index (χ4v) is 2.83. The molecule has 0 bridgehead atoms. The number of primary sulfonamides is 1. The summed E-state index contributed by atoms with van der Waals surface area (Å²) in [6.45, 7) is 3.12. The number of hydrogen-bond acceptors (Lipinski definition) is 5. The Labute approximate surface area is 158 Å². The predicted molar refractivity (Wildman–Crippen MR) is 103 cm³/mol. The van der Waals surface area contributed by atoms with E-state index in [4.69, 9.17) is 5.14 Å². The summed E-state index contributed by atoms with van der Waals surface area (Å²) in [6, 6.07) is 17.0. The van der Waals surface area contributed by atoms with Gasteiger partial charge in [0.25, 0.3) is 5.91 Å². The third-order valence-electron chi connectivity index (χ3n) is 3.75. The van der Waals surface area contributed by atoms with E-state index in [9.17, 15) is 18.5 Å². The van der Waals surface area contributed by atoms with Gasteiger partial charge in [-0.15, -0.1) is 0 Å². The fraction of sp³-hybridized carbons (Fsp3) is 0.158. The first-order valence-corrected chi connectivity index (χ1v) is 9.72. The van der Waals surface area contributed by atoms with Gasteiger partial charge < -0.3 is 10.2 Å². The molecule has 2 aromatic rings. The minimum Gasteiger partial charge on any atom is -0.372 e. The molecule has 0 aliphatic carbocycles. The van der Waals surface area contributed by atoms with Crippen LogP contribution in [-0.4, -0.2) is 25.8 Å². The highest BCUT2D eigenvalue weighted by Crippen LogP contribution is 2.14. The number of anilines is 1. The summed E-state index contributed by atoms with van der Waals surface area (Å²) in [5.74, 6) is -0.577. The summed E-state index contributed by atoms with van der Waals surface area (Å²) in [5.41, 5.74) is 1.37. The summed E-state index contributed by atoms with van der Waals surface area (Å²) in [6.07, 6.45) is 1.51. The molecule has 27 heavy (non-hydrogen) atoms. The van der Waals surface area contributed by atoms with E-state index < -0.39 is 15.9 Å². The number of nitrogens with zero attached hydrogens (tertiary/aromatic N) is 2. The largest absolute Gasteiger partial charge is 0.372 e. The molecule has 0 unspecified atom stereocenters. The van der Waals surface area contributed by atoms with Crippen molar-refractivity contribution in [3.8, 4) is 6.07 Å². The molecule has 2 rings (SSSR count). The molecule has 0 aliphatic rings. The van der Waals surface area contributed by atoms with Crippen LogP contribution in [-0.2, 0) is 21.4 Å². The van der Waals surface area contributed by atoms with E-state index in [-0.39, 0.29) is 10.5 Å². The van der Waals surface area contributed by atoms with E-state index in [1.807, 2.05) is 48.2 Å². The fourth-order valence-electron chi connectivity index (χ4n) is 2.31. The number of amides is 1. The summed E-state index contributed by atoms with van der Waals surface area (Å²) >= 11 is 0. The van der Waals surface area contributed by atoms with Crippen LogP contribution in [0.15, 0.2) is 71.3 Å². The first-order chi connectivity index (χ1) is 12.8. The molecule has 0 heterocycles. The lowest BCUT2D eigenvalue weighted by atomic mass is 10.2. The number of benzene rings is 2. The Morgan fingerprint density at radius 2 is 1.81 bits per heavy atom. The second-order valence-electron chi connectivity index (χ2n) is 5.73. The highest BCUT2D eigenvalue weighted by molar-refractivity contribution is 7.89. The Hall–Kier alpha value is -3.15. The molecule has 2 aromatic carbocycles. The van der Waals surface area contributed by atoms with Gasteiger partial charge >= 0.3 is 0 Å². The number of carbonyl (C=O) groups excluding carboxylic acids is 1. The maximum atomic E-state index is 12.4. The molecule has 0 aliphatic heterocycles. The number of nitrogens with two attached hydrogens (primary N) is 1. The lowest BCUT2D eigenvalue weighted by molar-refractivity contribution is -0.112. The van der Waals surface area contributed by atoms with E-state index >= 15 is 0 Å². The zero-order valence-corrected chi connectivity index (χ0v) is 15.6. The van der Waals surface area contributed by atoms with Crippen molar-refractivity contribution in [3.63, 3.8) is 0 Å². The quantitative estimate of drug-likeness (QED) is 0.561. The Balaban J connectivity index is 2.12. The van der Waals surface area contributed by atoms with Crippen LogP contribution in [0.25, 0.3) is 0 Å². The van der Waals surface area contributed by atoms with Gasteiger partial charge in [0.1, 0.15) is 11.6 Å². The number of carbonyl (C=O) groups is 1. The van der Waals surface area contributed by atoms with E-state index in [0.29, 0.717) is 18.8 Å². The number of nitriles is 1. The Bertz CT molecular complexity index is 962. The molecule has 0 saturated heterocycles. The van der Waals surface area contributed by atoms with Crippen LogP contribution < -0.4 is 10.5 Å². The molecular formula is C19H20N4O3S. The average Bonchev–Trinajstić information content (AvgIpc) is 2.65. The SMILES string of the molecule is CCN(/C=C(/C#N)C(=O)Nc1ccc(S(N)(=O)=O)cc1)Cc1ccccc1. The molecule has 0 spiro atoms. The van der Waals surface area contributed by atoms with Crippen LogP contribution in [0, 0.1) is 11.3 Å². The van der Waals surface area contributed by atoms with Gasteiger partial charge in [-0.2, -0.15) is 5.26 Å². The van der Waals surface area contributed by atoms with Gasteiger partial charge in [0, 0.05) is 25.0 Å². The second-order valence-corrected chi connectivity index (χ2v) is 7.29. The van der Waals surface area contributed by atoms with Crippen LogP contribution in [0.5, 0.6) is 0 Å². The van der Waals surface area contributed by atoms with Crippen LogP contribution in [0.2, 0.25) is 0 Å². The zero-order chi connectivity index (χ0) is 19.9. The smallest absolute Gasteiger partial charge is 0.267 e. The van der Waals surface area contributed by atoms with Crippen molar-refractivity contribution in [1.82, 2.24) is 4.90 Å². The Morgan fingerprint density at radius 1 is 1.19 bits per heavy atom. The molecule has 0 fully saturated rings.